The summed E-state index contributed by atoms with van der Waals surface area (Å²) in [4.78, 5) is 0. The van der Waals surface area contributed by atoms with Gasteiger partial charge in [0.1, 0.15) is 0 Å². The van der Waals surface area contributed by atoms with E-state index in [0.717, 1.165) is 0 Å². The molecule has 142 valence electrons. The predicted octanol–water partition coefficient (Wildman–Crippen LogP) is 9.81. The first kappa shape index (κ1) is 33.6. The largest absolute Gasteiger partial charge is 0.0683 e. The average Bonchev–Trinajstić information content (AvgIpc) is 2.56. The van der Waals surface area contributed by atoms with E-state index >= 15 is 0 Å². The molecule has 0 fully saturated rings. The molecule has 0 spiro atoms. The standard InChI is InChI=1S/C8H18.C5H12.C4H10.C3H8.C2H6/c1-3-5-7-8-6-4-2;1-3-5-4-2;1-3-4-2;1-3-2;1-2/h3-8H2,1-2H3;3-5H2,1-2H3;3-4H2,1-2H3;3H2,1-2H3;1-2H3. The molecule has 0 rings (SSSR count). The van der Waals surface area contributed by atoms with E-state index in [2.05, 4.69) is 55.4 Å². The van der Waals surface area contributed by atoms with Crippen LogP contribution in [0.3, 0.4) is 0 Å². The average molecular weight is 319 g/mol. The van der Waals surface area contributed by atoms with E-state index in [1.807, 2.05) is 13.8 Å². The molecular weight excluding hydrogens is 264 g/mol. The zero-order valence-corrected chi connectivity index (χ0v) is 18.5. The minimum absolute atomic E-state index is 1.25. The van der Waals surface area contributed by atoms with Crippen molar-refractivity contribution < 1.29 is 0 Å². The molecule has 0 atom stereocenters. The Hall–Kier alpha value is 0. The van der Waals surface area contributed by atoms with Crippen LogP contribution in [0.15, 0.2) is 0 Å². The monoisotopic (exact) mass is 318 g/mol. The van der Waals surface area contributed by atoms with Gasteiger partial charge in [-0.05, 0) is 0 Å². The molecule has 0 aromatic heterocycles. The van der Waals surface area contributed by atoms with E-state index in [9.17, 15) is 0 Å². The van der Waals surface area contributed by atoms with Crippen LogP contribution < -0.4 is 0 Å². The first-order chi connectivity index (χ1) is 10.7. The molecule has 0 nitrogen and oxygen atoms in total. The lowest BCUT2D eigenvalue weighted by molar-refractivity contribution is 0.624. The Labute approximate surface area is 146 Å². The second-order valence-electron chi connectivity index (χ2n) is 5.47. The van der Waals surface area contributed by atoms with Crippen LogP contribution in [-0.4, -0.2) is 0 Å². The molecule has 0 saturated carbocycles. The number of unbranched alkanes of at least 4 members (excludes halogenated alkanes) is 8. The summed E-state index contributed by atoms with van der Waals surface area (Å²) in [5.41, 5.74) is 0. The van der Waals surface area contributed by atoms with Crippen LogP contribution in [0, 0.1) is 0 Å². The van der Waals surface area contributed by atoms with Crippen LogP contribution in [0.2, 0.25) is 0 Å². The van der Waals surface area contributed by atoms with Crippen molar-refractivity contribution in [3.05, 3.63) is 0 Å². The van der Waals surface area contributed by atoms with Gasteiger partial charge in [0.2, 0.25) is 0 Å². The summed E-state index contributed by atoms with van der Waals surface area (Å²) in [7, 11) is 0. The molecule has 22 heavy (non-hydrogen) atoms. The van der Waals surface area contributed by atoms with Crippen LogP contribution >= 0.6 is 0 Å². The van der Waals surface area contributed by atoms with Gasteiger partial charge in [0.05, 0.1) is 0 Å². The van der Waals surface area contributed by atoms with Gasteiger partial charge >= 0.3 is 0 Å². The van der Waals surface area contributed by atoms with Crippen LogP contribution in [-0.2, 0) is 0 Å². The van der Waals surface area contributed by atoms with Gasteiger partial charge < -0.3 is 0 Å². The van der Waals surface area contributed by atoms with Gasteiger partial charge in [0, 0.05) is 0 Å². The van der Waals surface area contributed by atoms with Crippen molar-refractivity contribution in [2.24, 2.45) is 0 Å². The molecule has 0 N–H and O–H groups in total. The van der Waals surface area contributed by atoms with Crippen molar-refractivity contribution in [1.29, 1.82) is 0 Å². The molecule has 0 bridgehead atoms. The highest BCUT2D eigenvalue weighted by molar-refractivity contribution is 4.39. The smallest absolute Gasteiger partial charge is 0.0533 e. The van der Waals surface area contributed by atoms with Gasteiger partial charge in [-0.15, -0.1) is 0 Å². The summed E-state index contributed by atoms with van der Waals surface area (Å²) in [5, 5.41) is 0. The maximum atomic E-state index is 2.26. The Morgan fingerprint density at radius 2 is 0.545 bits per heavy atom. The fourth-order valence-electron chi connectivity index (χ4n) is 1.21. The zero-order chi connectivity index (χ0) is 18.5. The van der Waals surface area contributed by atoms with E-state index in [1.54, 1.807) is 0 Å². The van der Waals surface area contributed by atoms with Gasteiger partial charge in [-0.2, -0.15) is 0 Å². The van der Waals surface area contributed by atoms with Crippen LogP contribution in [0.4, 0.5) is 0 Å². The van der Waals surface area contributed by atoms with Gasteiger partial charge in [-0.1, -0.05) is 146 Å². The van der Waals surface area contributed by atoms with Crippen molar-refractivity contribution in [2.45, 2.75) is 146 Å². The van der Waals surface area contributed by atoms with Crippen LogP contribution in [0.1, 0.15) is 146 Å². The van der Waals surface area contributed by atoms with Gasteiger partial charge in [0.15, 0.2) is 0 Å². The summed E-state index contributed by atoms with van der Waals surface area (Å²) in [6, 6.07) is 0. The van der Waals surface area contributed by atoms with Gasteiger partial charge in [0.25, 0.3) is 0 Å². The molecule has 0 heterocycles. The quantitative estimate of drug-likeness (QED) is 0.390. The first-order valence-corrected chi connectivity index (χ1v) is 10.7. The Kier molecular flexibility index (Phi) is 89.0. The van der Waals surface area contributed by atoms with Crippen molar-refractivity contribution in [3.63, 3.8) is 0 Å². The summed E-state index contributed by atoms with van der Waals surface area (Å²) in [5.74, 6) is 0. The third kappa shape index (κ3) is 113. The third-order valence-corrected chi connectivity index (χ3v) is 2.66. The highest BCUT2D eigenvalue weighted by Gasteiger charge is 1.83. The van der Waals surface area contributed by atoms with Gasteiger partial charge in [-0.3, -0.25) is 0 Å². The topological polar surface area (TPSA) is 0 Å². The minimum Gasteiger partial charge on any atom is -0.0683 e. The Morgan fingerprint density at radius 1 is 0.318 bits per heavy atom. The highest BCUT2D eigenvalue weighted by Crippen LogP contribution is 2.03. The molecule has 0 heteroatoms. The molecular formula is C22H54. The summed E-state index contributed by atoms with van der Waals surface area (Å²) in [6.45, 7) is 21.5. The Bertz CT molecular complexity index is 76.0. The maximum Gasteiger partial charge on any atom is -0.0533 e. The van der Waals surface area contributed by atoms with E-state index in [0.29, 0.717) is 0 Å². The zero-order valence-electron chi connectivity index (χ0n) is 18.5. The van der Waals surface area contributed by atoms with Crippen LogP contribution in [0.25, 0.3) is 0 Å². The van der Waals surface area contributed by atoms with Crippen molar-refractivity contribution in [3.8, 4) is 0 Å². The van der Waals surface area contributed by atoms with E-state index < -0.39 is 0 Å². The lowest BCUT2D eigenvalue weighted by Crippen LogP contribution is -1.73. The SMILES string of the molecule is CC.CCC.CCCC.CCCCC.CCCCCCCC. The molecule has 0 saturated heterocycles. The minimum atomic E-state index is 1.25. The molecule has 0 aliphatic rings. The van der Waals surface area contributed by atoms with Crippen molar-refractivity contribution in [1.82, 2.24) is 0 Å². The normalized spacial score (nSPS) is 7.91. The number of hydrogen-bond acceptors (Lipinski definition) is 0. The molecule has 0 aromatic rings. The predicted molar refractivity (Wildman–Crippen MR) is 112 cm³/mol. The molecule has 0 unspecified atom stereocenters. The molecule has 0 aromatic carbocycles. The molecule has 0 amide bonds. The van der Waals surface area contributed by atoms with E-state index in [1.165, 1.54) is 77.0 Å². The molecule has 0 aliphatic heterocycles. The molecule has 0 aliphatic carbocycles. The van der Waals surface area contributed by atoms with Gasteiger partial charge in [-0.25, -0.2) is 0 Å². The van der Waals surface area contributed by atoms with E-state index in [-0.39, 0.29) is 0 Å². The maximum absolute atomic E-state index is 2.26. The first-order valence-electron chi connectivity index (χ1n) is 10.7. The highest BCUT2D eigenvalue weighted by atomic mass is 13.9. The summed E-state index contributed by atoms with van der Waals surface area (Å²) >= 11 is 0. The second-order valence-corrected chi connectivity index (χ2v) is 5.47. The fourth-order valence-corrected chi connectivity index (χ4v) is 1.21. The van der Waals surface area contributed by atoms with Crippen LogP contribution in [0.5, 0.6) is 0 Å². The lowest BCUT2D eigenvalue weighted by atomic mass is 10.1. The number of hydrogen-bond donors (Lipinski definition) is 0. The van der Waals surface area contributed by atoms with E-state index in [4.69, 9.17) is 0 Å². The third-order valence-electron chi connectivity index (χ3n) is 2.66. The van der Waals surface area contributed by atoms with Crippen molar-refractivity contribution >= 4 is 0 Å². The Balaban J connectivity index is -0.0000000599. The summed E-state index contributed by atoms with van der Waals surface area (Å²) in [6.07, 6.45) is 16.5. The summed E-state index contributed by atoms with van der Waals surface area (Å²) < 4.78 is 0. The lowest BCUT2D eigenvalue weighted by Gasteiger charge is -1.93. The second kappa shape index (κ2) is 58.3. The Morgan fingerprint density at radius 3 is 0.636 bits per heavy atom. The molecule has 0 radical (unpaired) electrons. The number of rotatable bonds is 8. The van der Waals surface area contributed by atoms with Crippen molar-refractivity contribution in [2.75, 3.05) is 0 Å². The fraction of sp³-hybridized carbons (Fsp3) is 1.00.